The zero-order valence-electron chi connectivity index (χ0n) is 12.3. The molecule has 2 aromatic carbocycles. The third-order valence-electron chi connectivity index (χ3n) is 4.08. The zero-order chi connectivity index (χ0) is 16.4. The zero-order valence-corrected chi connectivity index (χ0v) is 13.0. The van der Waals surface area contributed by atoms with E-state index in [4.69, 9.17) is 11.6 Å². The predicted molar refractivity (Wildman–Crippen MR) is 87.7 cm³/mol. The molecule has 1 N–H and O–H groups in total. The first-order valence-corrected chi connectivity index (χ1v) is 7.76. The van der Waals surface area contributed by atoms with Gasteiger partial charge in [0.15, 0.2) is 0 Å². The number of fused-ring (bicyclic) bond motifs is 1. The summed E-state index contributed by atoms with van der Waals surface area (Å²) in [6, 6.07) is 11.9. The molecule has 0 saturated heterocycles. The lowest BCUT2D eigenvalue weighted by atomic mass is 9.87. The van der Waals surface area contributed by atoms with E-state index in [-0.39, 0.29) is 22.3 Å². The Morgan fingerprint density at radius 1 is 1.26 bits per heavy atom. The summed E-state index contributed by atoms with van der Waals surface area (Å²) < 4.78 is 0. The largest absolute Gasteiger partial charge is 0.345 e. The van der Waals surface area contributed by atoms with E-state index in [0.717, 1.165) is 24.8 Å². The van der Waals surface area contributed by atoms with Crippen LogP contribution in [0, 0.1) is 10.1 Å². The number of nitro groups is 1. The van der Waals surface area contributed by atoms with Gasteiger partial charge in [-0.2, -0.15) is 0 Å². The van der Waals surface area contributed by atoms with E-state index in [2.05, 4.69) is 11.4 Å². The van der Waals surface area contributed by atoms with Gasteiger partial charge >= 0.3 is 0 Å². The number of halogens is 1. The van der Waals surface area contributed by atoms with Crippen molar-refractivity contribution in [1.82, 2.24) is 5.32 Å². The van der Waals surface area contributed by atoms with Crippen LogP contribution >= 0.6 is 11.6 Å². The molecule has 0 spiro atoms. The minimum absolute atomic E-state index is 0.0301. The number of hydrogen-bond donors (Lipinski definition) is 1. The van der Waals surface area contributed by atoms with Gasteiger partial charge in [-0.3, -0.25) is 14.9 Å². The number of nitrogens with one attached hydrogen (secondary N) is 1. The third-order valence-corrected chi connectivity index (χ3v) is 4.31. The number of rotatable bonds is 3. The fraction of sp³-hybridized carbons (Fsp3) is 0.235. The van der Waals surface area contributed by atoms with Crippen molar-refractivity contribution >= 4 is 23.2 Å². The molecule has 0 fully saturated rings. The molecule has 0 radical (unpaired) electrons. The molecule has 0 aliphatic heterocycles. The summed E-state index contributed by atoms with van der Waals surface area (Å²) in [4.78, 5) is 23.0. The summed E-state index contributed by atoms with van der Waals surface area (Å²) in [5.41, 5.74) is 2.06. The smallest absolute Gasteiger partial charge is 0.283 e. The quantitative estimate of drug-likeness (QED) is 0.681. The maximum Gasteiger partial charge on any atom is 0.283 e. The van der Waals surface area contributed by atoms with Gasteiger partial charge in [0, 0.05) is 11.1 Å². The topological polar surface area (TPSA) is 72.2 Å². The van der Waals surface area contributed by atoms with Crippen LogP contribution in [0.2, 0.25) is 5.02 Å². The Labute approximate surface area is 138 Å². The number of amides is 1. The molecular formula is C17H15ClN2O3. The molecule has 1 amide bonds. The molecule has 1 aliphatic rings. The van der Waals surface area contributed by atoms with E-state index in [9.17, 15) is 14.9 Å². The second-order valence-electron chi connectivity index (χ2n) is 5.54. The van der Waals surface area contributed by atoms with Crippen LogP contribution in [0.4, 0.5) is 5.69 Å². The molecule has 0 saturated carbocycles. The van der Waals surface area contributed by atoms with Crippen LogP contribution < -0.4 is 5.32 Å². The molecule has 2 aromatic rings. The van der Waals surface area contributed by atoms with Crippen molar-refractivity contribution in [3.8, 4) is 0 Å². The van der Waals surface area contributed by atoms with Crippen LogP contribution in [0.15, 0.2) is 42.5 Å². The van der Waals surface area contributed by atoms with E-state index < -0.39 is 10.8 Å². The van der Waals surface area contributed by atoms with Crippen LogP contribution in [0.25, 0.3) is 0 Å². The molecule has 6 heteroatoms. The molecule has 0 unspecified atom stereocenters. The molecule has 0 aromatic heterocycles. The lowest BCUT2D eigenvalue weighted by molar-refractivity contribution is -0.385. The molecule has 5 nitrogen and oxygen atoms in total. The average molecular weight is 331 g/mol. The molecule has 118 valence electrons. The van der Waals surface area contributed by atoms with E-state index in [1.807, 2.05) is 18.2 Å². The first kappa shape index (κ1) is 15.5. The second-order valence-corrected chi connectivity index (χ2v) is 5.97. The van der Waals surface area contributed by atoms with Crippen molar-refractivity contribution in [1.29, 1.82) is 0 Å². The van der Waals surface area contributed by atoms with Gasteiger partial charge in [0.1, 0.15) is 5.56 Å². The maximum absolute atomic E-state index is 12.5. The number of benzene rings is 2. The minimum Gasteiger partial charge on any atom is -0.345 e. The van der Waals surface area contributed by atoms with Gasteiger partial charge in [0.05, 0.1) is 11.0 Å². The van der Waals surface area contributed by atoms with Crippen LogP contribution in [-0.4, -0.2) is 10.8 Å². The Balaban J connectivity index is 1.88. The fourth-order valence-electron chi connectivity index (χ4n) is 2.99. The summed E-state index contributed by atoms with van der Waals surface area (Å²) in [5, 5.41) is 14.3. The van der Waals surface area contributed by atoms with Crippen molar-refractivity contribution in [2.45, 2.75) is 25.3 Å². The van der Waals surface area contributed by atoms with Crippen molar-refractivity contribution in [3.63, 3.8) is 0 Å². The molecule has 23 heavy (non-hydrogen) atoms. The number of aryl methyl sites for hydroxylation is 1. The maximum atomic E-state index is 12.5. The molecule has 1 atom stereocenters. The van der Waals surface area contributed by atoms with Crippen LogP contribution in [-0.2, 0) is 6.42 Å². The molecule has 3 rings (SSSR count). The van der Waals surface area contributed by atoms with Crippen LogP contribution in [0.1, 0.15) is 40.4 Å². The first-order valence-electron chi connectivity index (χ1n) is 7.39. The highest BCUT2D eigenvalue weighted by Crippen LogP contribution is 2.30. The highest BCUT2D eigenvalue weighted by molar-refractivity contribution is 6.31. The van der Waals surface area contributed by atoms with E-state index >= 15 is 0 Å². The summed E-state index contributed by atoms with van der Waals surface area (Å²) in [7, 11) is 0. The Kier molecular flexibility index (Phi) is 4.30. The van der Waals surface area contributed by atoms with Gasteiger partial charge in [-0.15, -0.1) is 0 Å². The van der Waals surface area contributed by atoms with Crippen molar-refractivity contribution in [3.05, 3.63) is 74.3 Å². The Morgan fingerprint density at radius 2 is 2.04 bits per heavy atom. The lowest BCUT2D eigenvalue weighted by Gasteiger charge is -2.26. The van der Waals surface area contributed by atoms with Crippen LogP contribution in [0.3, 0.4) is 0 Å². The highest BCUT2D eigenvalue weighted by atomic mass is 35.5. The van der Waals surface area contributed by atoms with Gasteiger partial charge in [0.25, 0.3) is 11.6 Å². The SMILES string of the molecule is O=C(N[C@@H]1CCCc2ccccc21)c1ccc(Cl)cc1[N+](=O)[O-]. The van der Waals surface area contributed by atoms with E-state index in [1.165, 1.54) is 23.8 Å². The molecular weight excluding hydrogens is 316 g/mol. The standard InChI is InChI=1S/C17H15ClN2O3/c18-12-8-9-14(16(10-12)20(22)23)17(21)19-15-7-3-5-11-4-1-2-6-13(11)15/h1-2,4,6,8-10,15H,3,5,7H2,(H,19,21)/t15-/m1/s1. The van der Waals surface area contributed by atoms with Crippen LogP contribution in [0.5, 0.6) is 0 Å². The summed E-state index contributed by atoms with van der Waals surface area (Å²) in [6.45, 7) is 0. The van der Waals surface area contributed by atoms with Gasteiger partial charge in [-0.05, 0) is 42.5 Å². The highest BCUT2D eigenvalue weighted by Gasteiger charge is 2.25. The third kappa shape index (κ3) is 3.19. The van der Waals surface area contributed by atoms with Gasteiger partial charge in [0.2, 0.25) is 0 Å². The summed E-state index contributed by atoms with van der Waals surface area (Å²) >= 11 is 5.79. The van der Waals surface area contributed by atoms with Crippen molar-refractivity contribution in [2.75, 3.05) is 0 Å². The normalized spacial score (nSPS) is 16.5. The van der Waals surface area contributed by atoms with E-state index in [0.29, 0.717) is 0 Å². The fourth-order valence-corrected chi connectivity index (χ4v) is 3.15. The second kappa shape index (κ2) is 6.38. The number of nitro benzene ring substituents is 1. The predicted octanol–water partition coefficient (Wildman–Crippen LogP) is 4.06. The number of nitrogens with zero attached hydrogens (tertiary/aromatic N) is 1. The minimum atomic E-state index is -0.588. The molecule has 1 aliphatic carbocycles. The van der Waals surface area contributed by atoms with Crippen molar-refractivity contribution < 1.29 is 9.72 Å². The Bertz CT molecular complexity index is 776. The number of carbonyl (C=O) groups is 1. The Hall–Kier alpha value is -2.40. The van der Waals surface area contributed by atoms with Crippen molar-refractivity contribution in [2.24, 2.45) is 0 Å². The van der Waals surface area contributed by atoms with Gasteiger partial charge < -0.3 is 5.32 Å². The number of carbonyl (C=O) groups excluding carboxylic acids is 1. The average Bonchev–Trinajstić information content (AvgIpc) is 2.55. The summed E-state index contributed by atoms with van der Waals surface area (Å²) in [5.74, 6) is -0.449. The Morgan fingerprint density at radius 3 is 2.83 bits per heavy atom. The summed E-state index contributed by atoms with van der Waals surface area (Å²) in [6.07, 6.45) is 2.79. The van der Waals surface area contributed by atoms with Gasteiger partial charge in [-0.25, -0.2) is 0 Å². The van der Waals surface area contributed by atoms with Gasteiger partial charge in [-0.1, -0.05) is 35.9 Å². The monoisotopic (exact) mass is 330 g/mol. The molecule has 0 heterocycles. The number of hydrogen-bond acceptors (Lipinski definition) is 3. The molecule has 0 bridgehead atoms. The van der Waals surface area contributed by atoms with E-state index in [1.54, 1.807) is 0 Å². The lowest BCUT2D eigenvalue weighted by Crippen LogP contribution is -2.31. The first-order chi connectivity index (χ1) is 11.1.